The molecule has 33 heavy (non-hydrogen) atoms. The average molecular weight is 610 g/mol. The number of rotatable bonds is 6. The minimum atomic E-state index is -6.30. The summed E-state index contributed by atoms with van der Waals surface area (Å²) in [6, 6.07) is 4.49. The maximum Gasteiger partial charge on any atom is 0.435 e. The SMILES string of the molecule is O=C(Nc1c(Br)cc(C(F)(C(F)(F)F)C(F)(F)F)cc1Br)c1cccc(NCC2CC2)c1F. The van der Waals surface area contributed by atoms with Crippen molar-refractivity contribution in [2.45, 2.75) is 30.9 Å². The third-order valence-electron chi connectivity index (χ3n) is 4.98. The molecule has 13 heteroatoms. The Kier molecular flexibility index (Phi) is 7.05. The van der Waals surface area contributed by atoms with Gasteiger partial charge in [0.2, 0.25) is 0 Å². The van der Waals surface area contributed by atoms with Crippen LogP contribution in [0.3, 0.4) is 0 Å². The Bertz CT molecular complexity index is 1030. The summed E-state index contributed by atoms with van der Waals surface area (Å²) in [5.41, 5.74) is -8.06. The Morgan fingerprint density at radius 3 is 2.00 bits per heavy atom. The van der Waals surface area contributed by atoms with Gasteiger partial charge in [-0.2, -0.15) is 26.3 Å². The average Bonchev–Trinajstić information content (AvgIpc) is 3.51. The van der Waals surface area contributed by atoms with Crippen molar-refractivity contribution in [3.8, 4) is 0 Å². The molecule has 0 saturated heterocycles. The van der Waals surface area contributed by atoms with E-state index >= 15 is 0 Å². The molecule has 2 aromatic rings. The molecule has 0 heterocycles. The van der Waals surface area contributed by atoms with E-state index in [9.17, 15) is 39.9 Å². The fraction of sp³-hybridized carbons (Fsp3) is 0.350. The molecule has 0 bridgehead atoms. The minimum absolute atomic E-state index is 0.0700. The lowest BCUT2D eigenvalue weighted by molar-refractivity contribution is -0.348. The van der Waals surface area contributed by atoms with E-state index in [1.807, 2.05) is 0 Å². The van der Waals surface area contributed by atoms with E-state index in [1.54, 1.807) is 0 Å². The number of amides is 1. The molecular formula is C20H14Br2F8N2O. The van der Waals surface area contributed by atoms with Crippen molar-refractivity contribution in [1.29, 1.82) is 0 Å². The zero-order valence-corrected chi connectivity index (χ0v) is 19.4. The Morgan fingerprint density at radius 2 is 1.52 bits per heavy atom. The summed E-state index contributed by atoms with van der Waals surface area (Å²) in [5, 5.41) is 5.09. The van der Waals surface area contributed by atoms with Gasteiger partial charge in [0.25, 0.3) is 5.91 Å². The van der Waals surface area contributed by atoms with Crippen LogP contribution in [0.5, 0.6) is 0 Å². The highest BCUT2D eigenvalue weighted by atomic mass is 79.9. The second-order valence-corrected chi connectivity index (χ2v) is 9.12. The molecule has 1 aliphatic rings. The van der Waals surface area contributed by atoms with E-state index in [0.717, 1.165) is 18.9 Å². The molecule has 0 aliphatic heterocycles. The quantitative estimate of drug-likeness (QED) is 0.329. The van der Waals surface area contributed by atoms with Crippen LogP contribution in [0.1, 0.15) is 28.8 Å². The molecule has 1 fully saturated rings. The molecule has 3 rings (SSSR count). The monoisotopic (exact) mass is 608 g/mol. The number of alkyl halides is 7. The predicted octanol–water partition coefficient (Wildman–Crippen LogP) is 7.71. The summed E-state index contributed by atoms with van der Waals surface area (Å²) in [4.78, 5) is 12.6. The maximum absolute atomic E-state index is 14.7. The molecule has 0 aromatic heterocycles. The minimum Gasteiger partial charge on any atom is -0.382 e. The fourth-order valence-corrected chi connectivity index (χ4v) is 4.37. The van der Waals surface area contributed by atoms with Crippen LogP contribution in [-0.2, 0) is 5.67 Å². The van der Waals surface area contributed by atoms with Gasteiger partial charge in [-0.05, 0) is 74.9 Å². The standard InChI is InChI=1S/C20H14Br2F8N2O/c21-12-6-10(18(24,19(25,26)27)20(28,29)30)7-13(22)16(12)32-17(33)11-2-1-3-14(15(11)23)31-8-9-4-5-9/h1-3,6-7,9,31H,4-5,8H2,(H,32,33). The molecule has 0 radical (unpaired) electrons. The van der Waals surface area contributed by atoms with Crippen molar-refractivity contribution in [1.82, 2.24) is 0 Å². The van der Waals surface area contributed by atoms with Crippen molar-refractivity contribution < 1.29 is 39.9 Å². The van der Waals surface area contributed by atoms with E-state index in [1.165, 1.54) is 12.1 Å². The predicted molar refractivity (Wildman–Crippen MR) is 112 cm³/mol. The van der Waals surface area contributed by atoms with Crippen LogP contribution < -0.4 is 10.6 Å². The summed E-state index contributed by atoms with van der Waals surface area (Å²) < 4.78 is 106. The molecule has 1 aliphatic carbocycles. The Balaban J connectivity index is 1.91. The van der Waals surface area contributed by atoms with Gasteiger partial charge in [-0.3, -0.25) is 4.79 Å². The molecule has 180 valence electrons. The van der Waals surface area contributed by atoms with Gasteiger partial charge in [0.1, 0.15) is 0 Å². The lowest BCUT2D eigenvalue weighted by atomic mass is 9.94. The summed E-state index contributed by atoms with van der Waals surface area (Å²) in [6.45, 7) is 0.518. The number of nitrogens with one attached hydrogen (secondary N) is 2. The second kappa shape index (κ2) is 9.05. The van der Waals surface area contributed by atoms with Gasteiger partial charge in [-0.15, -0.1) is 0 Å². The van der Waals surface area contributed by atoms with E-state index in [2.05, 4.69) is 42.5 Å². The van der Waals surface area contributed by atoms with E-state index < -0.39 is 49.8 Å². The van der Waals surface area contributed by atoms with E-state index in [4.69, 9.17) is 0 Å². The first kappa shape index (κ1) is 25.7. The first-order chi connectivity index (χ1) is 15.2. The zero-order chi connectivity index (χ0) is 24.8. The van der Waals surface area contributed by atoms with Crippen LogP contribution >= 0.6 is 31.9 Å². The molecule has 3 nitrogen and oxygen atoms in total. The summed E-state index contributed by atoms with van der Waals surface area (Å²) >= 11 is 5.51. The second-order valence-electron chi connectivity index (χ2n) is 7.41. The highest BCUT2D eigenvalue weighted by molar-refractivity contribution is 9.11. The number of hydrogen-bond donors (Lipinski definition) is 2. The normalized spacial score (nSPS) is 14.8. The molecule has 2 N–H and O–H groups in total. The summed E-state index contributed by atoms with van der Waals surface area (Å²) in [5.74, 6) is -1.48. The smallest absolute Gasteiger partial charge is 0.382 e. The fourth-order valence-electron chi connectivity index (χ4n) is 2.98. The molecular weight excluding hydrogens is 596 g/mol. The van der Waals surface area contributed by atoms with Crippen LogP contribution in [0.2, 0.25) is 0 Å². The zero-order valence-electron chi connectivity index (χ0n) is 16.3. The van der Waals surface area contributed by atoms with Crippen molar-refractivity contribution in [2.24, 2.45) is 5.92 Å². The molecule has 0 unspecified atom stereocenters. The van der Waals surface area contributed by atoms with Crippen LogP contribution in [0.15, 0.2) is 39.3 Å². The molecule has 1 amide bonds. The molecule has 1 saturated carbocycles. The van der Waals surface area contributed by atoms with Gasteiger partial charge in [0.05, 0.1) is 16.9 Å². The third kappa shape index (κ3) is 5.13. The number of halogens is 10. The first-order valence-electron chi connectivity index (χ1n) is 9.32. The van der Waals surface area contributed by atoms with Crippen LogP contribution in [0, 0.1) is 11.7 Å². The molecule has 0 atom stereocenters. The lowest BCUT2D eigenvalue weighted by Gasteiger charge is -2.31. The van der Waals surface area contributed by atoms with Crippen molar-refractivity contribution >= 4 is 49.1 Å². The van der Waals surface area contributed by atoms with Crippen molar-refractivity contribution in [3.63, 3.8) is 0 Å². The summed E-state index contributed by atoms with van der Waals surface area (Å²) in [7, 11) is 0. The van der Waals surface area contributed by atoms with E-state index in [0.29, 0.717) is 12.5 Å². The number of carbonyl (C=O) groups excluding carboxylic acids is 1. The lowest BCUT2D eigenvalue weighted by Crippen LogP contribution is -2.50. The Labute approximate surface area is 199 Å². The highest BCUT2D eigenvalue weighted by Crippen LogP contribution is 2.54. The van der Waals surface area contributed by atoms with Gasteiger partial charge >= 0.3 is 18.0 Å². The first-order valence-corrected chi connectivity index (χ1v) is 10.9. The van der Waals surface area contributed by atoms with E-state index in [-0.39, 0.29) is 23.5 Å². The summed E-state index contributed by atoms with van der Waals surface area (Å²) in [6.07, 6.45) is -10.6. The van der Waals surface area contributed by atoms with Crippen molar-refractivity contribution in [2.75, 3.05) is 17.2 Å². The third-order valence-corrected chi connectivity index (χ3v) is 6.23. The number of carbonyl (C=O) groups is 1. The largest absolute Gasteiger partial charge is 0.435 e. The number of anilines is 2. The highest BCUT2D eigenvalue weighted by Gasteiger charge is 2.73. The van der Waals surface area contributed by atoms with Crippen LogP contribution in [0.25, 0.3) is 0 Å². The van der Waals surface area contributed by atoms with Crippen LogP contribution in [0.4, 0.5) is 46.5 Å². The van der Waals surface area contributed by atoms with Crippen molar-refractivity contribution in [3.05, 3.63) is 56.2 Å². The van der Waals surface area contributed by atoms with Crippen LogP contribution in [-0.4, -0.2) is 24.8 Å². The number of hydrogen-bond acceptors (Lipinski definition) is 2. The maximum atomic E-state index is 14.7. The topological polar surface area (TPSA) is 41.1 Å². The molecule has 0 spiro atoms. The van der Waals surface area contributed by atoms with Gasteiger partial charge in [0.15, 0.2) is 5.82 Å². The number of benzene rings is 2. The Hall–Kier alpha value is -1.89. The molecule has 2 aromatic carbocycles. The van der Waals surface area contributed by atoms with Gasteiger partial charge < -0.3 is 10.6 Å². The van der Waals surface area contributed by atoms with Gasteiger partial charge in [-0.1, -0.05) is 6.07 Å². The Morgan fingerprint density at radius 1 is 0.970 bits per heavy atom. The van der Waals surface area contributed by atoms with Gasteiger partial charge in [0, 0.05) is 21.1 Å². The van der Waals surface area contributed by atoms with Gasteiger partial charge in [-0.25, -0.2) is 8.78 Å².